The summed E-state index contributed by atoms with van der Waals surface area (Å²) in [7, 11) is 0. The van der Waals surface area contributed by atoms with Crippen LogP contribution in [0.2, 0.25) is 0 Å². The summed E-state index contributed by atoms with van der Waals surface area (Å²) in [5, 5.41) is 11.9. The average molecular weight is 305 g/mol. The number of likely N-dealkylation sites (tertiary alicyclic amines) is 1. The maximum absolute atomic E-state index is 12.9. The Hall–Kier alpha value is -1.43. The first-order chi connectivity index (χ1) is 10.7. The van der Waals surface area contributed by atoms with Crippen LogP contribution in [0.15, 0.2) is 0 Å². The van der Waals surface area contributed by atoms with Crippen molar-refractivity contribution in [3.8, 4) is 0 Å². The van der Waals surface area contributed by atoms with Gasteiger partial charge in [-0.2, -0.15) is 0 Å². The van der Waals surface area contributed by atoms with Gasteiger partial charge in [0.05, 0.1) is 11.7 Å². The Morgan fingerprint density at radius 2 is 2.05 bits per heavy atom. The summed E-state index contributed by atoms with van der Waals surface area (Å²) < 4.78 is 1.97. The Bertz CT molecular complexity index is 521. The van der Waals surface area contributed by atoms with Gasteiger partial charge in [0.25, 0.3) is 5.91 Å². The highest BCUT2D eigenvalue weighted by Gasteiger charge is 2.30. The highest BCUT2D eigenvalue weighted by atomic mass is 16.2. The van der Waals surface area contributed by atoms with Gasteiger partial charge < -0.3 is 10.2 Å². The summed E-state index contributed by atoms with van der Waals surface area (Å²) >= 11 is 0. The summed E-state index contributed by atoms with van der Waals surface area (Å²) in [5.41, 5.74) is 1.48. The Morgan fingerprint density at radius 3 is 2.77 bits per heavy atom. The molecule has 0 aromatic carbocycles. The first-order valence-electron chi connectivity index (χ1n) is 8.65. The normalized spacial score (nSPS) is 23.7. The minimum atomic E-state index is 0.0734. The number of piperidine rings is 2. The minimum Gasteiger partial charge on any atom is -0.334 e. The lowest BCUT2D eigenvalue weighted by Crippen LogP contribution is -2.43. The van der Waals surface area contributed by atoms with Crippen LogP contribution in [-0.4, -0.2) is 51.5 Å². The number of carbonyl (C=O) groups excluding carboxylic acids is 1. The molecule has 0 aliphatic carbocycles. The van der Waals surface area contributed by atoms with Crippen LogP contribution in [0.25, 0.3) is 0 Å². The van der Waals surface area contributed by atoms with Crippen molar-refractivity contribution in [2.45, 2.75) is 64.5 Å². The molecular weight excluding hydrogens is 278 g/mol. The Morgan fingerprint density at radius 1 is 1.27 bits per heavy atom. The van der Waals surface area contributed by atoms with E-state index in [9.17, 15) is 4.79 Å². The summed E-state index contributed by atoms with van der Waals surface area (Å²) in [6.07, 6.45) is 6.57. The monoisotopic (exact) mass is 305 g/mol. The van der Waals surface area contributed by atoms with Crippen molar-refractivity contribution < 1.29 is 4.79 Å². The number of nitrogens with zero attached hydrogens (tertiary/aromatic N) is 4. The number of hydrogen-bond donors (Lipinski definition) is 1. The molecule has 2 saturated heterocycles. The van der Waals surface area contributed by atoms with Gasteiger partial charge in [-0.1, -0.05) is 12.1 Å². The number of carbonyl (C=O) groups is 1. The van der Waals surface area contributed by atoms with Crippen LogP contribution in [0.4, 0.5) is 0 Å². The van der Waals surface area contributed by atoms with E-state index in [-0.39, 0.29) is 5.91 Å². The van der Waals surface area contributed by atoms with Gasteiger partial charge in [-0.15, -0.1) is 5.10 Å². The Labute approximate surface area is 132 Å². The zero-order valence-corrected chi connectivity index (χ0v) is 13.7. The molecule has 1 atom stereocenters. The first-order valence-corrected chi connectivity index (χ1v) is 8.65. The molecule has 3 rings (SSSR count). The van der Waals surface area contributed by atoms with Crippen LogP contribution in [0, 0.1) is 6.92 Å². The summed E-state index contributed by atoms with van der Waals surface area (Å²) in [4.78, 5) is 14.9. The molecule has 122 valence electrons. The second-order valence-corrected chi connectivity index (χ2v) is 6.51. The molecule has 1 amide bonds. The van der Waals surface area contributed by atoms with E-state index in [4.69, 9.17) is 0 Å². The minimum absolute atomic E-state index is 0.0734. The SMILES string of the molecule is CCC1CCCCN1C(=O)c1nnn(C2CCNCC2)c1C. The van der Waals surface area contributed by atoms with Gasteiger partial charge in [0, 0.05) is 12.6 Å². The highest BCUT2D eigenvalue weighted by molar-refractivity contribution is 5.93. The summed E-state index contributed by atoms with van der Waals surface area (Å²) in [6.45, 7) is 7.03. The molecule has 2 aliphatic rings. The lowest BCUT2D eigenvalue weighted by atomic mass is 9.99. The van der Waals surface area contributed by atoms with Crippen molar-refractivity contribution >= 4 is 5.91 Å². The van der Waals surface area contributed by atoms with E-state index in [0.717, 1.165) is 57.4 Å². The lowest BCUT2D eigenvalue weighted by Gasteiger charge is -2.34. The fraction of sp³-hybridized carbons (Fsp3) is 0.812. The van der Waals surface area contributed by atoms with Crippen LogP contribution < -0.4 is 5.32 Å². The molecule has 0 saturated carbocycles. The Kier molecular flexibility index (Phi) is 4.76. The smallest absolute Gasteiger partial charge is 0.276 e. The second-order valence-electron chi connectivity index (χ2n) is 6.51. The van der Waals surface area contributed by atoms with Crippen molar-refractivity contribution in [2.75, 3.05) is 19.6 Å². The highest BCUT2D eigenvalue weighted by Crippen LogP contribution is 2.24. The first kappa shape index (κ1) is 15.5. The Balaban J connectivity index is 1.79. The maximum Gasteiger partial charge on any atom is 0.276 e. The van der Waals surface area contributed by atoms with Gasteiger partial charge in [0.15, 0.2) is 5.69 Å². The van der Waals surface area contributed by atoms with Crippen molar-refractivity contribution in [2.24, 2.45) is 0 Å². The molecule has 2 aliphatic heterocycles. The van der Waals surface area contributed by atoms with Crippen molar-refractivity contribution in [3.05, 3.63) is 11.4 Å². The van der Waals surface area contributed by atoms with Crippen molar-refractivity contribution in [1.82, 2.24) is 25.2 Å². The number of hydrogen-bond acceptors (Lipinski definition) is 4. The second kappa shape index (κ2) is 6.77. The van der Waals surface area contributed by atoms with E-state index < -0.39 is 0 Å². The third-order valence-corrected chi connectivity index (χ3v) is 5.14. The van der Waals surface area contributed by atoms with Crippen LogP contribution in [-0.2, 0) is 0 Å². The zero-order chi connectivity index (χ0) is 15.5. The molecule has 22 heavy (non-hydrogen) atoms. The third-order valence-electron chi connectivity index (χ3n) is 5.14. The standard InChI is InChI=1S/C16H27N5O/c1-3-13-6-4-5-11-20(13)16(22)15-12(2)21(19-18-15)14-7-9-17-10-8-14/h13-14,17H,3-11H2,1-2H3. The molecule has 0 spiro atoms. The topological polar surface area (TPSA) is 63.1 Å². The molecule has 1 aromatic rings. The van der Waals surface area contributed by atoms with E-state index in [1.54, 1.807) is 0 Å². The van der Waals surface area contributed by atoms with Crippen LogP contribution in [0.3, 0.4) is 0 Å². The van der Waals surface area contributed by atoms with Gasteiger partial charge >= 0.3 is 0 Å². The molecule has 0 radical (unpaired) electrons. The number of aromatic nitrogens is 3. The molecule has 1 unspecified atom stereocenters. The van der Waals surface area contributed by atoms with E-state index in [0.29, 0.717) is 17.8 Å². The molecule has 3 heterocycles. The average Bonchev–Trinajstić information content (AvgIpc) is 2.96. The van der Waals surface area contributed by atoms with E-state index >= 15 is 0 Å². The number of rotatable bonds is 3. The van der Waals surface area contributed by atoms with Gasteiger partial charge in [0.1, 0.15) is 0 Å². The van der Waals surface area contributed by atoms with E-state index in [1.165, 1.54) is 6.42 Å². The van der Waals surface area contributed by atoms with Gasteiger partial charge in [-0.3, -0.25) is 4.79 Å². The molecular formula is C16H27N5O. The zero-order valence-electron chi connectivity index (χ0n) is 13.7. The molecule has 6 nitrogen and oxygen atoms in total. The molecule has 1 aromatic heterocycles. The third kappa shape index (κ3) is 2.89. The van der Waals surface area contributed by atoms with Gasteiger partial charge in [-0.05, 0) is 58.5 Å². The van der Waals surface area contributed by atoms with Gasteiger partial charge in [0.2, 0.25) is 0 Å². The molecule has 6 heteroatoms. The van der Waals surface area contributed by atoms with Crippen molar-refractivity contribution in [1.29, 1.82) is 0 Å². The number of amides is 1. The largest absolute Gasteiger partial charge is 0.334 e. The fourth-order valence-electron chi connectivity index (χ4n) is 3.76. The quantitative estimate of drug-likeness (QED) is 0.926. The molecule has 1 N–H and O–H groups in total. The van der Waals surface area contributed by atoms with Crippen LogP contribution in [0.1, 0.15) is 67.7 Å². The van der Waals surface area contributed by atoms with Crippen molar-refractivity contribution in [3.63, 3.8) is 0 Å². The predicted octanol–water partition coefficient (Wildman–Crippen LogP) is 1.92. The number of nitrogens with one attached hydrogen (secondary N) is 1. The van der Waals surface area contributed by atoms with Crippen LogP contribution in [0.5, 0.6) is 0 Å². The molecule has 2 fully saturated rings. The predicted molar refractivity (Wildman–Crippen MR) is 84.9 cm³/mol. The summed E-state index contributed by atoms with van der Waals surface area (Å²) in [6, 6.07) is 0.739. The summed E-state index contributed by atoms with van der Waals surface area (Å²) in [5.74, 6) is 0.0734. The maximum atomic E-state index is 12.9. The van der Waals surface area contributed by atoms with Gasteiger partial charge in [-0.25, -0.2) is 4.68 Å². The molecule has 0 bridgehead atoms. The lowest BCUT2D eigenvalue weighted by molar-refractivity contribution is 0.0601. The fourth-order valence-corrected chi connectivity index (χ4v) is 3.76. The van der Waals surface area contributed by atoms with E-state index in [1.807, 2.05) is 16.5 Å². The van der Waals surface area contributed by atoms with E-state index in [2.05, 4.69) is 22.6 Å². The van der Waals surface area contributed by atoms with Crippen LogP contribution >= 0.6 is 0 Å².